The summed E-state index contributed by atoms with van der Waals surface area (Å²) >= 11 is 11.7. The molecule has 0 aliphatic heterocycles. The van der Waals surface area contributed by atoms with E-state index in [2.05, 4.69) is 5.32 Å². The van der Waals surface area contributed by atoms with E-state index in [1.165, 1.54) is 6.26 Å². The molecule has 0 aliphatic rings. The fourth-order valence-electron chi connectivity index (χ4n) is 1.69. The summed E-state index contributed by atoms with van der Waals surface area (Å²) in [4.78, 5) is 11.8. The van der Waals surface area contributed by atoms with E-state index in [4.69, 9.17) is 32.4 Å². The van der Waals surface area contributed by atoms with Gasteiger partial charge >= 0.3 is 0 Å². The average molecular weight is 330 g/mol. The Morgan fingerprint density at radius 2 is 2.05 bits per heavy atom. The molecule has 21 heavy (non-hydrogen) atoms. The fourth-order valence-corrected chi connectivity index (χ4v) is 2.20. The zero-order valence-corrected chi connectivity index (χ0v) is 12.4. The van der Waals surface area contributed by atoms with Crippen LogP contribution in [0.25, 0.3) is 0 Å². The summed E-state index contributed by atoms with van der Waals surface area (Å²) < 4.78 is 10.4. The highest BCUT2D eigenvalue weighted by Crippen LogP contribution is 2.24. The van der Waals surface area contributed by atoms with Gasteiger partial charge in [-0.3, -0.25) is 4.79 Å². The van der Waals surface area contributed by atoms with E-state index in [1.54, 1.807) is 30.3 Å². The molecule has 2 rings (SSSR count). The molecule has 0 aliphatic carbocycles. The van der Waals surface area contributed by atoms with Crippen molar-refractivity contribution in [2.75, 3.05) is 13.2 Å². The summed E-state index contributed by atoms with van der Waals surface area (Å²) in [6.07, 6.45) is 1.47. The number of ether oxygens (including phenoxy) is 1. The average Bonchev–Trinajstić information content (AvgIpc) is 2.95. The smallest absolute Gasteiger partial charge is 0.258 e. The minimum absolute atomic E-state index is 0.228. The molecule has 0 spiro atoms. The second-order valence-electron chi connectivity index (χ2n) is 4.21. The zero-order valence-electron chi connectivity index (χ0n) is 10.9. The maximum atomic E-state index is 11.8. The lowest BCUT2D eigenvalue weighted by Crippen LogP contribution is -2.34. The molecule has 1 unspecified atom stereocenters. The number of aliphatic hydroxyl groups excluding tert-OH is 1. The van der Waals surface area contributed by atoms with Gasteiger partial charge in [-0.25, -0.2) is 0 Å². The summed E-state index contributed by atoms with van der Waals surface area (Å²) in [6, 6.07) is 7.40. The number of aliphatic hydroxyl groups is 1. The number of carbonyl (C=O) groups excluding carboxylic acids is 1. The molecular formula is C14H13Cl2NO4. The molecule has 2 aromatic rings. The number of benzene rings is 1. The summed E-state index contributed by atoms with van der Waals surface area (Å²) in [5.74, 6) is 0.458. The molecule has 0 bridgehead atoms. The third-order valence-electron chi connectivity index (χ3n) is 2.61. The summed E-state index contributed by atoms with van der Waals surface area (Å²) in [7, 11) is 0. The predicted molar refractivity (Wildman–Crippen MR) is 78.6 cm³/mol. The first kappa shape index (κ1) is 15.7. The van der Waals surface area contributed by atoms with Crippen LogP contribution in [0.5, 0.6) is 5.75 Å². The van der Waals surface area contributed by atoms with E-state index in [1.807, 2.05) is 0 Å². The maximum Gasteiger partial charge on any atom is 0.258 e. The Labute approximate surface area is 131 Å². The Kier molecular flexibility index (Phi) is 5.50. The van der Waals surface area contributed by atoms with Crippen molar-refractivity contribution in [2.24, 2.45) is 0 Å². The van der Waals surface area contributed by atoms with Crippen molar-refractivity contribution >= 4 is 29.1 Å². The largest absolute Gasteiger partial charge is 0.484 e. The van der Waals surface area contributed by atoms with Crippen molar-refractivity contribution in [1.82, 2.24) is 5.32 Å². The Bertz CT molecular complexity index is 581. The lowest BCUT2D eigenvalue weighted by atomic mass is 10.2. The van der Waals surface area contributed by atoms with Crippen LogP contribution in [0.15, 0.2) is 41.0 Å². The van der Waals surface area contributed by atoms with Crippen molar-refractivity contribution < 1.29 is 19.1 Å². The first-order valence-corrected chi connectivity index (χ1v) is 6.86. The van der Waals surface area contributed by atoms with Crippen LogP contribution in [-0.2, 0) is 4.79 Å². The zero-order chi connectivity index (χ0) is 15.2. The monoisotopic (exact) mass is 329 g/mol. The summed E-state index contributed by atoms with van der Waals surface area (Å²) in [5, 5.41) is 12.7. The number of amides is 1. The van der Waals surface area contributed by atoms with E-state index < -0.39 is 11.9 Å². The van der Waals surface area contributed by atoms with Crippen molar-refractivity contribution in [3.8, 4) is 5.75 Å². The molecular weight excluding hydrogens is 317 g/mol. The van der Waals surface area contributed by atoms with E-state index in [0.29, 0.717) is 21.6 Å². The Morgan fingerprint density at radius 3 is 2.62 bits per heavy atom. The quantitative estimate of drug-likeness (QED) is 0.854. The molecule has 0 fully saturated rings. The molecule has 1 atom stereocenters. The minimum atomic E-state index is -0.612. The van der Waals surface area contributed by atoms with Crippen LogP contribution in [0.1, 0.15) is 11.8 Å². The number of hydrogen-bond donors (Lipinski definition) is 2. The molecule has 7 heteroatoms. The van der Waals surface area contributed by atoms with Gasteiger partial charge in [0.25, 0.3) is 5.91 Å². The van der Waals surface area contributed by atoms with Gasteiger partial charge in [0.15, 0.2) is 6.61 Å². The molecule has 1 heterocycles. The van der Waals surface area contributed by atoms with E-state index >= 15 is 0 Å². The normalized spacial score (nSPS) is 12.0. The number of carbonyl (C=O) groups is 1. The molecule has 1 aromatic carbocycles. The van der Waals surface area contributed by atoms with Gasteiger partial charge in [0.1, 0.15) is 17.6 Å². The molecule has 2 N–H and O–H groups in total. The van der Waals surface area contributed by atoms with Crippen molar-refractivity contribution in [3.05, 3.63) is 52.4 Å². The van der Waals surface area contributed by atoms with Gasteiger partial charge in [-0.05, 0) is 30.3 Å². The SMILES string of the molecule is O=C(COc1cc(Cl)cc(Cl)c1)NC(CO)c1ccco1. The van der Waals surface area contributed by atoms with Crippen LogP contribution in [0.3, 0.4) is 0 Å². The maximum absolute atomic E-state index is 11.8. The van der Waals surface area contributed by atoms with E-state index in [0.717, 1.165) is 0 Å². The van der Waals surface area contributed by atoms with Crippen molar-refractivity contribution in [2.45, 2.75) is 6.04 Å². The number of halogens is 2. The highest BCUT2D eigenvalue weighted by molar-refractivity contribution is 6.34. The van der Waals surface area contributed by atoms with Gasteiger partial charge in [-0.15, -0.1) is 0 Å². The topological polar surface area (TPSA) is 71.7 Å². The van der Waals surface area contributed by atoms with Gasteiger partial charge in [0.05, 0.1) is 12.9 Å². The van der Waals surface area contributed by atoms with Crippen LogP contribution in [-0.4, -0.2) is 24.2 Å². The van der Waals surface area contributed by atoms with E-state index in [-0.39, 0.29) is 13.2 Å². The highest BCUT2D eigenvalue weighted by atomic mass is 35.5. The first-order chi connectivity index (χ1) is 10.1. The number of furan rings is 1. The summed E-state index contributed by atoms with van der Waals surface area (Å²) in [6.45, 7) is -0.504. The lowest BCUT2D eigenvalue weighted by molar-refractivity contribution is -0.124. The van der Waals surface area contributed by atoms with Gasteiger partial charge in [-0.2, -0.15) is 0 Å². The molecule has 0 saturated heterocycles. The third-order valence-corrected chi connectivity index (χ3v) is 3.05. The number of hydrogen-bond acceptors (Lipinski definition) is 4. The van der Waals surface area contributed by atoms with E-state index in [9.17, 15) is 9.90 Å². The molecule has 0 radical (unpaired) electrons. The Morgan fingerprint density at radius 1 is 1.33 bits per heavy atom. The van der Waals surface area contributed by atoms with Crippen LogP contribution in [0.2, 0.25) is 10.0 Å². The van der Waals surface area contributed by atoms with Gasteiger partial charge in [0, 0.05) is 10.0 Å². The fraction of sp³-hybridized carbons (Fsp3) is 0.214. The predicted octanol–water partition coefficient (Wildman–Crippen LogP) is 2.82. The second kappa shape index (κ2) is 7.36. The number of rotatable bonds is 6. The standard InChI is InChI=1S/C14H13Cl2NO4/c15-9-4-10(16)6-11(5-9)21-8-14(19)17-12(7-18)13-2-1-3-20-13/h1-6,12,18H,7-8H2,(H,17,19). The highest BCUT2D eigenvalue weighted by Gasteiger charge is 2.16. The van der Waals surface area contributed by atoms with Crippen molar-refractivity contribution in [3.63, 3.8) is 0 Å². The first-order valence-electron chi connectivity index (χ1n) is 6.11. The van der Waals surface area contributed by atoms with Crippen LogP contribution < -0.4 is 10.1 Å². The van der Waals surface area contributed by atoms with Crippen LogP contribution in [0, 0.1) is 0 Å². The van der Waals surface area contributed by atoms with Gasteiger partial charge in [-0.1, -0.05) is 23.2 Å². The minimum Gasteiger partial charge on any atom is -0.484 e. The number of nitrogens with one attached hydrogen (secondary N) is 1. The Balaban J connectivity index is 1.89. The summed E-state index contributed by atoms with van der Waals surface area (Å²) in [5.41, 5.74) is 0. The van der Waals surface area contributed by atoms with Crippen LogP contribution in [0.4, 0.5) is 0 Å². The molecule has 0 saturated carbocycles. The molecule has 5 nitrogen and oxygen atoms in total. The van der Waals surface area contributed by atoms with Gasteiger partial charge < -0.3 is 19.6 Å². The lowest BCUT2D eigenvalue weighted by Gasteiger charge is -2.14. The second-order valence-corrected chi connectivity index (χ2v) is 5.08. The third kappa shape index (κ3) is 4.67. The Hall–Kier alpha value is -1.69. The molecule has 112 valence electrons. The molecule has 1 amide bonds. The van der Waals surface area contributed by atoms with Gasteiger partial charge in [0.2, 0.25) is 0 Å². The molecule has 1 aromatic heterocycles. The van der Waals surface area contributed by atoms with Crippen molar-refractivity contribution in [1.29, 1.82) is 0 Å². The van der Waals surface area contributed by atoms with Crippen LogP contribution >= 0.6 is 23.2 Å².